The number of benzene rings is 1. The van der Waals surface area contributed by atoms with E-state index in [0.717, 1.165) is 21.0 Å². The molecule has 0 amide bonds. The van der Waals surface area contributed by atoms with E-state index in [1.807, 2.05) is 57.2 Å². The van der Waals surface area contributed by atoms with Crippen molar-refractivity contribution in [2.24, 2.45) is 20.0 Å². The van der Waals surface area contributed by atoms with E-state index >= 15 is 0 Å². The molecule has 0 unspecified atom stereocenters. The molecule has 4 aromatic heterocycles. The second-order valence-corrected chi connectivity index (χ2v) is 11.5. The SMILES string of the molecule is CC(C)Cn1c(=O)n(C)c(=O)c2c(-c3cc(C(=O)OCCN(C)C)cn3C)n(Cc3c[nH]c4ccc(Cl)cc34)nc21. The van der Waals surface area contributed by atoms with E-state index in [-0.39, 0.29) is 19.1 Å². The van der Waals surface area contributed by atoms with E-state index < -0.39 is 17.2 Å². The highest BCUT2D eigenvalue weighted by atomic mass is 35.5. The van der Waals surface area contributed by atoms with Crippen molar-refractivity contribution in [2.45, 2.75) is 26.9 Å². The van der Waals surface area contributed by atoms with Gasteiger partial charge in [-0.25, -0.2) is 9.59 Å². The molecule has 216 valence electrons. The summed E-state index contributed by atoms with van der Waals surface area (Å²) in [5, 5.41) is 6.69. The highest BCUT2D eigenvalue weighted by molar-refractivity contribution is 6.31. The molecule has 0 radical (unpaired) electrons. The number of aryl methyl sites for hydroxylation is 1. The zero-order chi connectivity index (χ0) is 29.6. The number of esters is 1. The number of carbonyl (C=O) groups excluding carboxylic acids is 1. The average Bonchev–Trinajstić information content (AvgIpc) is 3.60. The van der Waals surface area contributed by atoms with Crippen LogP contribution in [0, 0.1) is 5.92 Å². The standard InChI is InChI=1S/C29H34ClN7O4/c1-17(2)14-36-26-24(27(38)35(6)29(36)40)25(23-11-18(15-34(23)5)28(39)41-10-9-33(3)4)37(32-26)16-19-13-31-22-8-7-20(30)12-21(19)22/h7-8,11-13,15,17,31H,9-10,14,16H2,1-6H3. The topological polar surface area (TPSA) is 112 Å². The highest BCUT2D eigenvalue weighted by Gasteiger charge is 2.26. The summed E-state index contributed by atoms with van der Waals surface area (Å²) in [7, 11) is 7.08. The molecule has 0 aliphatic rings. The van der Waals surface area contributed by atoms with Gasteiger partial charge in [0.05, 0.1) is 17.8 Å². The van der Waals surface area contributed by atoms with Crippen LogP contribution in [0.4, 0.5) is 0 Å². The van der Waals surface area contributed by atoms with Gasteiger partial charge in [0, 0.05) is 55.5 Å². The van der Waals surface area contributed by atoms with Crippen molar-refractivity contribution in [3.8, 4) is 11.4 Å². The zero-order valence-electron chi connectivity index (χ0n) is 24.1. The Hall–Kier alpha value is -4.09. The Morgan fingerprint density at radius 3 is 2.63 bits per heavy atom. The third kappa shape index (κ3) is 5.34. The molecular formula is C29H34ClN7O4. The number of aromatic nitrogens is 6. The molecule has 0 atom stereocenters. The minimum atomic E-state index is -0.458. The van der Waals surface area contributed by atoms with Crippen LogP contribution >= 0.6 is 11.6 Å². The molecule has 41 heavy (non-hydrogen) atoms. The van der Waals surface area contributed by atoms with Crippen LogP contribution in [0.1, 0.15) is 29.8 Å². The zero-order valence-corrected chi connectivity index (χ0v) is 24.8. The molecule has 0 aliphatic carbocycles. The number of rotatable bonds is 9. The van der Waals surface area contributed by atoms with Crippen LogP contribution in [0.5, 0.6) is 0 Å². The van der Waals surface area contributed by atoms with E-state index in [1.54, 1.807) is 33.1 Å². The first-order valence-electron chi connectivity index (χ1n) is 13.4. The van der Waals surface area contributed by atoms with Crippen molar-refractivity contribution in [3.63, 3.8) is 0 Å². The summed E-state index contributed by atoms with van der Waals surface area (Å²) in [5.41, 5.74) is 2.69. The van der Waals surface area contributed by atoms with Gasteiger partial charge in [0.1, 0.15) is 17.7 Å². The number of fused-ring (bicyclic) bond motifs is 2. The summed E-state index contributed by atoms with van der Waals surface area (Å²) in [4.78, 5) is 45.0. The van der Waals surface area contributed by atoms with Crippen LogP contribution in [-0.2, 0) is 31.9 Å². The maximum atomic E-state index is 13.7. The first-order chi connectivity index (χ1) is 19.5. The summed E-state index contributed by atoms with van der Waals surface area (Å²) in [5.74, 6) is -0.323. The Bertz CT molecular complexity index is 1890. The van der Waals surface area contributed by atoms with Gasteiger partial charge in [0.2, 0.25) is 0 Å². The predicted octanol–water partition coefficient (Wildman–Crippen LogP) is 3.46. The van der Waals surface area contributed by atoms with Crippen LogP contribution in [0.2, 0.25) is 5.02 Å². The van der Waals surface area contributed by atoms with Crippen molar-refractivity contribution in [2.75, 3.05) is 27.2 Å². The van der Waals surface area contributed by atoms with Crippen LogP contribution in [-0.4, -0.2) is 66.6 Å². The maximum absolute atomic E-state index is 13.7. The van der Waals surface area contributed by atoms with Gasteiger partial charge in [-0.2, -0.15) is 5.10 Å². The smallest absolute Gasteiger partial charge is 0.339 e. The monoisotopic (exact) mass is 579 g/mol. The summed E-state index contributed by atoms with van der Waals surface area (Å²) < 4.78 is 11.6. The van der Waals surface area contributed by atoms with Crippen molar-refractivity contribution in [3.05, 3.63) is 73.6 Å². The van der Waals surface area contributed by atoms with E-state index in [1.165, 1.54) is 7.05 Å². The Balaban J connectivity index is 1.73. The summed E-state index contributed by atoms with van der Waals surface area (Å²) in [6.45, 7) is 5.53. The Kier molecular flexibility index (Phi) is 7.67. The fraction of sp³-hybridized carbons (Fsp3) is 0.379. The van der Waals surface area contributed by atoms with Gasteiger partial charge >= 0.3 is 11.7 Å². The molecule has 0 spiro atoms. The lowest BCUT2D eigenvalue weighted by atomic mass is 10.1. The average molecular weight is 580 g/mol. The minimum Gasteiger partial charge on any atom is -0.461 e. The van der Waals surface area contributed by atoms with Crippen molar-refractivity contribution >= 4 is 39.5 Å². The Morgan fingerprint density at radius 2 is 1.93 bits per heavy atom. The molecule has 0 saturated carbocycles. The lowest BCUT2D eigenvalue weighted by Crippen LogP contribution is -2.38. The first-order valence-corrected chi connectivity index (χ1v) is 13.8. The Labute approximate surface area is 241 Å². The second kappa shape index (κ2) is 11.1. The number of nitrogens with one attached hydrogen (secondary N) is 1. The number of hydrogen-bond acceptors (Lipinski definition) is 6. The number of halogens is 1. The number of carbonyl (C=O) groups is 1. The third-order valence-electron chi connectivity index (χ3n) is 7.08. The van der Waals surface area contributed by atoms with E-state index in [2.05, 4.69) is 4.98 Å². The molecule has 4 heterocycles. The van der Waals surface area contributed by atoms with Crippen LogP contribution < -0.4 is 11.2 Å². The summed E-state index contributed by atoms with van der Waals surface area (Å²) in [6, 6.07) is 7.30. The highest BCUT2D eigenvalue weighted by Crippen LogP contribution is 2.30. The van der Waals surface area contributed by atoms with Crippen LogP contribution in [0.25, 0.3) is 33.3 Å². The fourth-order valence-corrected chi connectivity index (χ4v) is 5.20. The molecule has 1 N–H and O–H groups in total. The van der Waals surface area contributed by atoms with Gasteiger partial charge in [0.25, 0.3) is 5.56 Å². The molecule has 0 aliphatic heterocycles. The number of likely N-dealkylation sites (N-methyl/N-ethyl adjacent to an activating group) is 1. The molecule has 1 aromatic carbocycles. The largest absolute Gasteiger partial charge is 0.461 e. The van der Waals surface area contributed by atoms with Gasteiger partial charge in [-0.05, 0) is 49.8 Å². The van der Waals surface area contributed by atoms with Crippen molar-refractivity contribution in [1.82, 2.24) is 33.4 Å². The molecule has 5 rings (SSSR count). The minimum absolute atomic E-state index is 0.135. The Morgan fingerprint density at radius 1 is 1.17 bits per heavy atom. The van der Waals surface area contributed by atoms with Crippen LogP contribution in [0.15, 0.2) is 46.2 Å². The number of H-pyrrole nitrogens is 1. The van der Waals surface area contributed by atoms with Gasteiger partial charge < -0.3 is 19.2 Å². The molecule has 0 saturated heterocycles. The number of aromatic amines is 1. The molecule has 5 aromatic rings. The van der Waals surface area contributed by atoms with E-state index in [0.29, 0.717) is 46.1 Å². The lowest BCUT2D eigenvalue weighted by Gasteiger charge is -2.11. The van der Waals surface area contributed by atoms with Gasteiger partial charge in [-0.15, -0.1) is 0 Å². The van der Waals surface area contributed by atoms with Crippen LogP contribution in [0.3, 0.4) is 0 Å². The summed E-state index contributed by atoms with van der Waals surface area (Å²) in [6.07, 6.45) is 3.56. The maximum Gasteiger partial charge on any atom is 0.339 e. The molecule has 0 fully saturated rings. The fourth-order valence-electron chi connectivity index (χ4n) is 5.02. The molecular weight excluding hydrogens is 546 g/mol. The van der Waals surface area contributed by atoms with Crippen molar-refractivity contribution in [1.29, 1.82) is 0 Å². The normalized spacial score (nSPS) is 11.9. The van der Waals surface area contributed by atoms with Gasteiger partial charge in [-0.1, -0.05) is 25.4 Å². The number of ether oxygens (including phenoxy) is 1. The van der Waals surface area contributed by atoms with Gasteiger partial charge in [0.15, 0.2) is 5.65 Å². The molecule has 12 heteroatoms. The molecule has 0 bridgehead atoms. The second-order valence-electron chi connectivity index (χ2n) is 11.0. The number of nitrogens with zero attached hydrogens (tertiary/aromatic N) is 6. The quantitative estimate of drug-likeness (QED) is 0.268. The lowest BCUT2D eigenvalue weighted by molar-refractivity contribution is 0.0482. The summed E-state index contributed by atoms with van der Waals surface area (Å²) >= 11 is 6.31. The number of hydrogen-bond donors (Lipinski definition) is 1. The molecule has 11 nitrogen and oxygen atoms in total. The van der Waals surface area contributed by atoms with Crippen molar-refractivity contribution < 1.29 is 9.53 Å². The van der Waals surface area contributed by atoms with E-state index in [4.69, 9.17) is 21.4 Å². The first kappa shape index (κ1) is 28.4. The predicted molar refractivity (Wildman–Crippen MR) is 160 cm³/mol. The third-order valence-corrected chi connectivity index (χ3v) is 7.31. The van der Waals surface area contributed by atoms with Gasteiger partial charge in [-0.3, -0.25) is 18.6 Å². The van der Waals surface area contributed by atoms with E-state index in [9.17, 15) is 14.4 Å².